The van der Waals surface area contributed by atoms with Gasteiger partial charge >= 0.3 is 0 Å². The molecule has 0 bridgehead atoms. The summed E-state index contributed by atoms with van der Waals surface area (Å²) in [6, 6.07) is 13.6. The van der Waals surface area contributed by atoms with Gasteiger partial charge in [-0.05, 0) is 56.3 Å². The lowest BCUT2D eigenvalue weighted by Crippen LogP contribution is -2.48. The van der Waals surface area contributed by atoms with E-state index in [0.717, 1.165) is 31.9 Å². The summed E-state index contributed by atoms with van der Waals surface area (Å²) in [7, 11) is 0. The Morgan fingerprint density at radius 3 is 2.29 bits per heavy atom. The first-order valence-electron chi connectivity index (χ1n) is 10.4. The molecular formula is C24H28N4O3. The van der Waals surface area contributed by atoms with Crippen molar-refractivity contribution in [3.63, 3.8) is 0 Å². The van der Waals surface area contributed by atoms with Crippen molar-refractivity contribution in [1.82, 2.24) is 15.4 Å². The molecule has 162 valence electrons. The number of hydroxylamine groups is 1. The molecule has 2 N–H and O–H groups in total. The first kappa shape index (κ1) is 22.4. The lowest BCUT2D eigenvalue weighted by atomic mass is 10.1. The summed E-state index contributed by atoms with van der Waals surface area (Å²) in [5.41, 5.74) is 4.37. The summed E-state index contributed by atoms with van der Waals surface area (Å²) in [6.07, 6.45) is 5.81. The summed E-state index contributed by atoms with van der Waals surface area (Å²) in [6.45, 7) is 8.37. The molecule has 0 spiro atoms. The fraction of sp³-hybridized carbons (Fsp3) is 0.292. The molecule has 1 aliphatic heterocycles. The maximum absolute atomic E-state index is 12.7. The van der Waals surface area contributed by atoms with E-state index < -0.39 is 5.91 Å². The molecular weight excluding hydrogens is 392 g/mol. The van der Waals surface area contributed by atoms with Crippen LogP contribution in [-0.2, 0) is 4.79 Å². The van der Waals surface area contributed by atoms with Crippen molar-refractivity contribution in [3.05, 3.63) is 71.6 Å². The molecule has 0 unspecified atom stereocenters. The maximum Gasteiger partial charge on any atom is 0.267 e. The molecule has 31 heavy (non-hydrogen) atoms. The Balaban J connectivity index is 1.66. The molecule has 1 amide bonds. The zero-order valence-corrected chi connectivity index (χ0v) is 17.9. The molecule has 2 aromatic rings. The standard InChI is InChI=1S/C24H28N4O3/c1-18(2)27-13-15-28(16-14-27)22-8-3-5-19(17-22)23(29)11-9-20-6-4-7-21(25-20)10-12-24(30)26-31/h3-12,17-18,31H,13-16H2,1-2H3,(H,26,30). The molecule has 1 aromatic heterocycles. The molecule has 1 aliphatic rings. The fourth-order valence-electron chi connectivity index (χ4n) is 3.46. The average molecular weight is 421 g/mol. The van der Waals surface area contributed by atoms with Gasteiger partial charge in [0.15, 0.2) is 5.78 Å². The van der Waals surface area contributed by atoms with E-state index in [2.05, 4.69) is 28.6 Å². The van der Waals surface area contributed by atoms with Crippen LogP contribution in [0.15, 0.2) is 54.6 Å². The Labute approximate surface area is 182 Å². The van der Waals surface area contributed by atoms with E-state index in [9.17, 15) is 9.59 Å². The molecule has 3 rings (SSSR count). The normalized spacial score (nSPS) is 15.2. The number of amides is 1. The molecule has 1 aromatic carbocycles. The average Bonchev–Trinajstić information content (AvgIpc) is 2.81. The van der Waals surface area contributed by atoms with Crippen LogP contribution in [0.25, 0.3) is 12.2 Å². The number of nitrogens with one attached hydrogen (secondary N) is 1. The van der Waals surface area contributed by atoms with Crippen molar-refractivity contribution in [3.8, 4) is 0 Å². The maximum atomic E-state index is 12.7. The van der Waals surface area contributed by atoms with E-state index in [0.29, 0.717) is 23.0 Å². The largest absolute Gasteiger partial charge is 0.369 e. The van der Waals surface area contributed by atoms with Gasteiger partial charge in [-0.3, -0.25) is 19.7 Å². The number of carbonyl (C=O) groups excluding carboxylic acids is 2. The second kappa shape index (κ2) is 10.7. The number of piperazine rings is 1. The van der Waals surface area contributed by atoms with Gasteiger partial charge in [0, 0.05) is 49.5 Å². The van der Waals surface area contributed by atoms with Gasteiger partial charge in [0.1, 0.15) is 0 Å². The molecule has 0 saturated carbocycles. The second-order valence-corrected chi connectivity index (χ2v) is 7.66. The number of pyridine rings is 1. The topological polar surface area (TPSA) is 85.8 Å². The lowest BCUT2D eigenvalue weighted by Gasteiger charge is -2.38. The Bertz CT molecular complexity index is 976. The van der Waals surface area contributed by atoms with Crippen LogP contribution in [0.2, 0.25) is 0 Å². The van der Waals surface area contributed by atoms with Crippen LogP contribution >= 0.6 is 0 Å². The lowest BCUT2D eigenvalue weighted by molar-refractivity contribution is -0.124. The van der Waals surface area contributed by atoms with Crippen molar-refractivity contribution in [2.24, 2.45) is 0 Å². The molecule has 1 fully saturated rings. The minimum absolute atomic E-state index is 0.0925. The predicted molar refractivity (Wildman–Crippen MR) is 122 cm³/mol. The highest BCUT2D eigenvalue weighted by molar-refractivity contribution is 6.07. The summed E-state index contributed by atoms with van der Waals surface area (Å²) in [5, 5.41) is 8.53. The van der Waals surface area contributed by atoms with Gasteiger partial charge in [-0.25, -0.2) is 10.5 Å². The summed E-state index contributed by atoms with van der Waals surface area (Å²) in [5.74, 6) is -0.728. The van der Waals surface area contributed by atoms with E-state index >= 15 is 0 Å². The van der Waals surface area contributed by atoms with Gasteiger partial charge in [-0.1, -0.05) is 18.2 Å². The van der Waals surface area contributed by atoms with Gasteiger partial charge in [-0.15, -0.1) is 0 Å². The molecule has 1 saturated heterocycles. The van der Waals surface area contributed by atoms with Gasteiger partial charge in [0.25, 0.3) is 5.91 Å². The second-order valence-electron chi connectivity index (χ2n) is 7.66. The smallest absolute Gasteiger partial charge is 0.267 e. The van der Waals surface area contributed by atoms with Crippen LogP contribution in [0.1, 0.15) is 35.6 Å². The highest BCUT2D eigenvalue weighted by Gasteiger charge is 2.19. The van der Waals surface area contributed by atoms with Crippen LogP contribution in [0.3, 0.4) is 0 Å². The molecule has 7 heteroatoms. The number of hydrogen-bond acceptors (Lipinski definition) is 6. The van der Waals surface area contributed by atoms with Crippen LogP contribution < -0.4 is 10.4 Å². The first-order chi connectivity index (χ1) is 15.0. The number of ketones is 1. The molecule has 0 atom stereocenters. The molecule has 7 nitrogen and oxygen atoms in total. The van der Waals surface area contributed by atoms with Crippen LogP contribution in [0.5, 0.6) is 0 Å². The van der Waals surface area contributed by atoms with Crippen molar-refractivity contribution in [1.29, 1.82) is 0 Å². The Kier molecular flexibility index (Phi) is 7.70. The number of aromatic nitrogens is 1. The van der Waals surface area contributed by atoms with E-state index in [1.54, 1.807) is 24.3 Å². The zero-order valence-electron chi connectivity index (χ0n) is 17.9. The third-order valence-corrected chi connectivity index (χ3v) is 5.25. The number of hydrogen-bond donors (Lipinski definition) is 2. The minimum atomic E-state index is -0.636. The number of allylic oxidation sites excluding steroid dienone is 1. The number of anilines is 1. The Hall–Kier alpha value is -3.29. The quantitative estimate of drug-likeness (QED) is 0.310. The van der Waals surface area contributed by atoms with Gasteiger partial charge in [-0.2, -0.15) is 0 Å². The van der Waals surface area contributed by atoms with Crippen molar-refractivity contribution in [2.45, 2.75) is 19.9 Å². The summed E-state index contributed by atoms with van der Waals surface area (Å²) >= 11 is 0. The van der Waals surface area contributed by atoms with Gasteiger partial charge < -0.3 is 4.90 Å². The number of benzene rings is 1. The van der Waals surface area contributed by atoms with Crippen LogP contribution in [-0.4, -0.2) is 59.0 Å². The van der Waals surface area contributed by atoms with Gasteiger partial charge in [0.2, 0.25) is 0 Å². The number of carbonyl (C=O) groups is 2. The first-order valence-corrected chi connectivity index (χ1v) is 10.4. The third-order valence-electron chi connectivity index (χ3n) is 5.25. The van der Waals surface area contributed by atoms with E-state index in [1.807, 2.05) is 24.3 Å². The number of nitrogens with zero attached hydrogens (tertiary/aromatic N) is 3. The van der Waals surface area contributed by atoms with Crippen molar-refractivity contribution >= 4 is 29.5 Å². The predicted octanol–water partition coefficient (Wildman–Crippen LogP) is 3.03. The Morgan fingerprint density at radius 2 is 1.65 bits per heavy atom. The van der Waals surface area contributed by atoms with Crippen molar-refractivity contribution < 1.29 is 14.8 Å². The molecule has 0 aliphatic carbocycles. The van der Waals surface area contributed by atoms with Crippen LogP contribution in [0.4, 0.5) is 5.69 Å². The van der Waals surface area contributed by atoms with E-state index in [1.165, 1.54) is 23.7 Å². The van der Waals surface area contributed by atoms with Crippen LogP contribution in [0, 0.1) is 0 Å². The zero-order chi connectivity index (χ0) is 22.2. The van der Waals surface area contributed by atoms with E-state index in [4.69, 9.17) is 5.21 Å². The highest BCUT2D eigenvalue weighted by atomic mass is 16.5. The molecule has 0 radical (unpaired) electrons. The third kappa shape index (κ3) is 6.34. The SMILES string of the molecule is CC(C)N1CCN(c2cccc(C(=O)C=Cc3cccc(C=CC(=O)NO)n3)c2)CC1. The monoisotopic (exact) mass is 420 g/mol. The molecule has 2 heterocycles. The van der Waals surface area contributed by atoms with Gasteiger partial charge in [0.05, 0.1) is 11.4 Å². The summed E-state index contributed by atoms with van der Waals surface area (Å²) < 4.78 is 0. The summed E-state index contributed by atoms with van der Waals surface area (Å²) in [4.78, 5) is 32.9. The van der Waals surface area contributed by atoms with E-state index in [-0.39, 0.29) is 5.78 Å². The highest BCUT2D eigenvalue weighted by Crippen LogP contribution is 2.19. The van der Waals surface area contributed by atoms with Crippen molar-refractivity contribution in [2.75, 3.05) is 31.1 Å². The number of rotatable bonds is 7. The Morgan fingerprint density at radius 1 is 1.00 bits per heavy atom. The minimum Gasteiger partial charge on any atom is -0.369 e. The fourth-order valence-corrected chi connectivity index (χ4v) is 3.46.